The lowest BCUT2D eigenvalue weighted by Gasteiger charge is -2.46. The smallest absolute Gasteiger partial charge is 0.416 e. The Bertz CT molecular complexity index is 1510. The second kappa shape index (κ2) is 10.9. The SMILES string of the molecule is CC1(C)OC[C@H](COc2nccc(NC(=O)N3c4nc(-c5cccc(C(F)(F)F)c5)c(Cl)cc4N4CCC[C@H]3C4)n2)O1. The Labute approximate surface area is 244 Å². The van der Waals surface area contributed by atoms with Crippen molar-refractivity contribution in [3.05, 3.63) is 53.2 Å². The van der Waals surface area contributed by atoms with Crippen LogP contribution in [0.3, 0.4) is 0 Å². The summed E-state index contributed by atoms with van der Waals surface area (Å²) in [6, 6.07) is 7.35. The Balaban J connectivity index is 1.27. The van der Waals surface area contributed by atoms with Crippen LogP contribution in [-0.2, 0) is 15.7 Å². The fourth-order valence-corrected chi connectivity index (χ4v) is 5.66. The van der Waals surface area contributed by atoms with Crippen molar-refractivity contribution < 1.29 is 32.2 Å². The van der Waals surface area contributed by atoms with Crippen LogP contribution in [0.15, 0.2) is 42.6 Å². The number of anilines is 3. The largest absolute Gasteiger partial charge is 0.461 e. The van der Waals surface area contributed by atoms with E-state index in [2.05, 4.69) is 25.2 Å². The Morgan fingerprint density at radius 1 is 1.24 bits per heavy atom. The van der Waals surface area contributed by atoms with E-state index in [1.165, 1.54) is 29.3 Å². The number of aromatic nitrogens is 3. The highest BCUT2D eigenvalue weighted by Gasteiger charge is 2.39. The molecule has 1 aromatic carbocycles. The van der Waals surface area contributed by atoms with Crippen LogP contribution in [0.1, 0.15) is 32.3 Å². The maximum absolute atomic E-state index is 13.7. The van der Waals surface area contributed by atoms with Crippen LogP contribution in [0.5, 0.6) is 6.01 Å². The van der Waals surface area contributed by atoms with Crippen LogP contribution < -0.4 is 19.9 Å². The molecule has 14 heteroatoms. The summed E-state index contributed by atoms with van der Waals surface area (Å²) < 4.78 is 57.2. The summed E-state index contributed by atoms with van der Waals surface area (Å²) in [5.74, 6) is -0.170. The van der Waals surface area contributed by atoms with Gasteiger partial charge in [-0.05, 0) is 51.0 Å². The third kappa shape index (κ3) is 5.81. The molecule has 6 rings (SSSR count). The van der Waals surface area contributed by atoms with E-state index in [1.54, 1.807) is 6.07 Å². The van der Waals surface area contributed by atoms with Crippen molar-refractivity contribution in [1.82, 2.24) is 15.0 Å². The zero-order valence-corrected chi connectivity index (χ0v) is 23.6. The Kier molecular flexibility index (Phi) is 7.36. The summed E-state index contributed by atoms with van der Waals surface area (Å²) in [5, 5.41) is 2.99. The van der Waals surface area contributed by atoms with Gasteiger partial charge >= 0.3 is 18.2 Å². The number of ether oxygens (including phenoxy) is 3. The van der Waals surface area contributed by atoms with Gasteiger partial charge in [0.25, 0.3) is 0 Å². The normalized spacial score (nSPS) is 21.2. The first kappa shape index (κ1) is 28.4. The number of carbonyl (C=O) groups is 1. The van der Waals surface area contributed by atoms with Gasteiger partial charge in [-0.3, -0.25) is 10.2 Å². The molecular formula is C28H28ClF3N6O4. The van der Waals surface area contributed by atoms with Crippen LogP contribution >= 0.6 is 11.6 Å². The molecule has 2 aromatic heterocycles. The third-order valence-corrected chi connectivity index (χ3v) is 7.57. The predicted octanol–water partition coefficient (Wildman–Crippen LogP) is 5.76. The number of piperidine rings is 1. The lowest BCUT2D eigenvalue weighted by Crippen LogP contribution is -2.56. The number of nitrogens with zero attached hydrogens (tertiary/aromatic N) is 5. The number of pyridine rings is 1. The summed E-state index contributed by atoms with van der Waals surface area (Å²) in [6.07, 6.45) is -1.78. The van der Waals surface area contributed by atoms with Crippen molar-refractivity contribution in [2.75, 3.05) is 41.4 Å². The van der Waals surface area contributed by atoms with Crippen molar-refractivity contribution in [3.63, 3.8) is 0 Å². The quantitative estimate of drug-likeness (QED) is 0.392. The molecule has 42 heavy (non-hydrogen) atoms. The molecule has 0 saturated carbocycles. The number of fused-ring (bicyclic) bond motifs is 4. The standard InChI is InChI=1S/C28H28ClF3N6O4/c1-27(2)41-15-19(42-27)14-40-25-33-9-8-22(34-25)35-26(39)38-18-7-4-10-37(13-18)21-12-20(29)23(36-24(21)38)16-5-3-6-17(11-16)28(30,31)32/h3,5-6,8-9,11-12,18-19H,4,7,10,13-15H2,1-2H3,(H,33,34,35,39)/t18-,19-/m0/s1. The van der Waals surface area contributed by atoms with E-state index in [0.29, 0.717) is 24.7 Å². The minimum absolute atomic E-state index is 0.0562. The maximum atomic E-state index is 13.7. The summed E-state index contributed by atoms with van der Waals surface area (Å²) in [4.78, 5) is 30.5. The van der Waals surface area contributed by atoms with Crippen molar-refractivity contribution in [3.8, 4) is 17.3 Å². The van der Waals surface area contributed by atoms with Crippen LogP contribution in [0.25, 0.3) is 11.3 Å². The van der Waals surface area contributed by atoms with Gasteiger partial charge < -0.3 is 19.1 Å². The van der Waals surface area contributed by atoms with E-state index in [0.717, 1.165) is 31.5 Å². The van der Waals surface area contributed by atoms with Gasteiger partial charge in [0, 0.05) is 24.8 Å². The highest BCUT2D eigenvalue weighted by molar-refractivity contribution is 6.33. The third-order valence-electron chi connectivity index (χ3n) is 7.28. The van der Waals surface area contributed by atoms with Crippen molar-refractivity contribution in [2.45, 2.75) is 50.8 Å². The number of alkyl halides is 3. The first-order valence-electron chi connectivity index (χ1n) is 13.5. The van der Waals surface area contributed by atoms with Crippen LogP contribution in [-0.4, -0.2) is 65.2 Å². The molecule has 2 atom stereocenters. The first-order chi connectivity index (χ1) is 20.0. The molecule has 2 saturated heterocycles. The lowest BCUT2D eigenvalue weighted by molar-refractivity contribution is -0.141. The number of hydrogen-bond donors (Lipinski definition) is 1. The van der Waals surface area contributed by atoms with E-state index in [4.69, 9.17) is 25.8 Å². The van der Waals surface area contributed by atoms with Gasteiger partial charge in [0.15, 0.2) is 11.6 Å². The predicted molar refractivity (Wildman–Crippen MR) is 149 cm³/mol. The van der Waals surface area contributed by atoms with E-state index in [1.807, 2.05) is 13.8 Å². The minimum atomic E-state index is -4.53. The summed E-state index contributed by atoms with van der Waals surface area (Å²) in [6.45, 7) is 5.49. The van der Waals surface area contributed by atoms with Crippen molar-refractivity contribution in [1.29, 1.82) is 0 Å². The number of hydrogen-bond acceptors (Lipinski definition) is 8. The Hall–Kier alpha value is -3.68. The number of nitrogens with one attached hydrogen (secondary N) is 1. The van der Waals surface area contributed by atoms with Crippen molar-refractivity contribution in [2.24, 2.45) is 0 Å². The molecular weight excluding hydrogens is 577 g/mol. The topological polar surface area (TPSA) is 102 Å². The molecule has 0 aliphatic carbocycles. The van der Waals surface area contributed by atoms with E-state index in [9.17, 15) is 18.0 Å². The van der Waals surface area contributed by atoms with Gasteiger partial charge in [-0.1, -0.05) is 23.7 Å². The molecule has 3 aromatic rings. The van der Waals surface area contributed by atoms with Gasteiger partial charge in [-0.25, -0.2) is 14.8 Å². The zero-order valence-electron chi connectivity index (χ0n) is 22.8. The molecule has 3 aliphatic rings. The summed E-state index contributed by atoms with van der Waals surface area (Å²) in [5.41, 5.74) is 0.166. The molecule has 3 aliphatic heterocycles. The molecule has 2 fully saturated rings. The van der Waals surface area contributed by atoms with E-state index in [-0.39, 0.29) is 46.9 Å². The average Bonchev–Trinajstić information content (AvgIpc) is 3.30. The average molecular weight is 605 g/mol. The maximum Gasteiger partial charge on any atom is 0.416 e. The molecule has 10 nitrogen and oxygen atoms in total. The van der Waals surface area contributed by atoms with Crippen LogP contribution in [0, 0.1) is 0 Å². The molecule has 2 bridgehead atoms. The van der Waals surface area contributed by atoms with Gasteiger partial charge in [0.1, 0.15) is 18.5 Å². The Morgan fingerprint density at radius 2 is 2.07 bits per heavy atom. The van der Waals surface area contributed by atoms with E-state index >= 15 is 0 Å². The van der Waals surface area contributed by atoms with E-state index < -0.39 is 23.6 Å². The number of rotatable bonds is 5. The second-order valence-electron chi connectivity index (χ2n) is 10.8. The Morgan fingerprint density at radius 3 is 2.83 bits per heavy atom. The van der Waals surface area contributed by atoms with Gasteiger partial charge in [-0.2, -0.15) is 18.2 Å². The molecule has 0 spiro atoms. The number of halogens is 4. The molecule has 5 heterocycles. The number of urea groups is 1. The van der Waals surface area contributed by atoms with Gasteiger partial charge in [0.05, 0.1) is 34.6 Å². The zero-order chi connectivity index (χ0) is 29.6. The lowest BCUT2D eigenvalue weighted by atomic mass is 9.99. The molecule has 1 N–H and O–H groups in total. The molecule has 0 radical (unpaired) electrons. The van der Waals surface area contributed by atoms with Crippen molar-refractivity contribution >= 4 is 35.0 Å². The second-order valence-corrected chi connectivity index (χ2v) is 11.2. The summed E-state index contributed by atoms with van der Waals surface area (Å²) >= 11 is 6.57. The van der Waals surface area contributed by atoms with Crippen LogP contribution in [0.2, 0.25) is 5.02 Å². The van der Waals surface area contributed by atoms with Gasteiger partial charge in [-0.15, -0.1) is 0 Å². The number of benzene rings is 1. The fourth-order valence-electron chi connectivity index (χ4n) is 5.41. The molecule has 2 amide bonds. The molecule has 0 unspecified atom stereocenters. The number of amides is 2. The first-order valence-corrected chi connectivity index (χ1v) is 13.9. The number of carbonyl (C=O) groups excluding carboxylic acids is 1. The monoisotopic (exact) mass is 604 g/mol. The highest BCUT2D eigenvalue weighted by atomic mass is 35.5. The highest BCUT2D eigenvalue weighted by Crippen LogP contribution is 2.43. The summed E-state index contributed by atoms with van der Waals surface area (Å²) in [7, 11) is 0. The minimum Gasteiger partial charge on any atom is -0.461 e. The fraction of sp³-hybridized carbons (Fsp3) is 0.429. The van der Waals surface area contributed by atoms with Gasteiger partial charge in [0.2, 0.25) is 0 Å². The van der Waals surface area contributed by atoms with Crippen LogP contribution in [0.4, 0.5) is 35.3 Å². The molecule has 222 valence electrons.